The first-order valence-electron chi connectivity index (χ1n) is 9.62. The van der Waals surface area contributed by atoms with Crippen LogP contribution in [0.5, 0.6) is 0 Å². The average Bonchev–Trinajstić information content (AvgIpc) is 3.36. The minimum atomic E-state index is -4.72. The van der Waals surface area contributed by atoms with E-state index in [1.807, 2.05) is 0 Å². The van der Waals surface area contributed by atoms with E-state index in [-0.39, 0.29) is 22.7 Å². The van der Waals surface area contributed by atoms with Crippen LogP contribution in [0.3, 0.4) is 0 Å². The lowest BCUT2D eigenvalue weighted by Gasteiger charge is -2.36. The van der Waals surface area contributed by atoms with Crippen molar-refractivity contribution in [1.82, 2.24) is 14.9 Å². The maximum absolute atomic E-state index is 14.7. The molecule has 1 aliphatic heterocycles. The van der Waals surface area contributed by atoms with E-state index < -0.39 is 49.0 Å². The van der Waals surface area contributed by atoms with Crippen LogP contribution in [0.1, 0.15) is 18.9 Å². The van der Waals surface area contributed by atoms with Crippen LogP contribution in [-0.2, 0) is 16.8 Å². The van der Waals surface area contributed by atoms with Gasteiger partial charge in [-0.1, -0.05) is 5.16 Å². The van der Waals surface area contributed by atoms with Crippen molar-refractivity contribution in [3.8, 4) is 22.7 Å². The Kier molecular flexibility index (Phi) is 5.58. The minimum absolute atomic E-state index is 0.139. The number of nitrogens with zero attached hydrogens (tertiary/aromatic N) is 4. The van der Waals surface area contributed by atoms with E-state index in [2.05, 4.69) is 20.0 Å². The maximum Gasteiger partial charge on any atom is 0.425 e. The summed E-state index contributed by atoms with van der Waals surface area (Å²) in [7, 11) is 0. The summed E-state index contributed by atoms with van der Waals surface area (Å²) in [5.74, 6) is -0.624. The van der Waals surface area contributed by atoms with Gasteiger partial charge in [0.15, 0.2) is 11.9 Å². The van der Waals surface area contributed by atoms with Crippen LogP contribution in [0.4, 0.5) is 26.3 Å². The van der Waals surface area contributed by atoms with Crippen molar-refractivity contribution in [2.24, 2.45) is 10.7 Å². The number of hydrogen-bond donors (Lipinski definition) is 1. The van der Waals surface area contributed by atoms with Crippen LogP contribution in [0.25, 0.3) is 22.7 Å². The molecule has 0 fully saturated rings. The summed E-state index contributed by atoms with van der Waals surface area (Å²) < 4.78 is 90.4. The van der Waals surface area contributed by atoms with Crippen molar-refractivity contribution in [3.63, 3.8) is 0 Å². The van der Waals surface area contributed by atoms with Gasteiger partial charge in [0.05, 0.1) is 5.54 Å². The summed E-state index contributed by atoms with van der Waals surface area (Å²) in [5, 5.41) is 7.83. The molecule has 0 bridgehead atoms. The third kappa shape index (κ3) is 4.66. The fourth-order valence-corrected chi connectivity index (χ4v) is 3.58. The van der Waals surface area contributed by atoms with E-state index in [0.29, 0.717) is 5.56 Å². The van der Waals surface area contributed by atoms with E-state index in [1.165, 1.54) is 37.4 Å². The van der Waals surface area contributed by atoms with Gasteiger partial charge in [0.2, 0.25) is 0 Å². The molecule has 3 aromatic rings. The topological polar surface area (TPSA) is 91.5 Å². The van der Waals surface area contributed by atoms with Gasteiger partial charge in [0.1, 0.15) is 23.7 Å². The Morgan fingerprint density at radius 1 is 1.21 bits per heavy atom. The molecule has 7 nitrogen and oxygen atoms in total. The number of hydrogen-bond acceptors (Lipinski definition) is 6. The van der Waals surface area contributed by atoms with Gasteiger partial charge >= 0.3 is 6.18 Å². The maximum atomic E-state index is 14.7. The van der Waals surface area contributed by atoms with E-state index in [0.717, 1.165) is 10.7 Å². The molecule has 0 spiro atoms. The van der Waals surface area contributed by atoms with Gasteiger partial charge in [0.25, 0.3) is 12.4 Å². The number of ether oxygens (including phenoxy) is 1. The predicted octanol–water partition coefficient (Wildman–Crippen LogP) is 4.49. The fourth-order valence-electron chi connectivity index (χ4n) is 3.58. The molecule has 0 unspecified atom stereocenters. The van der Waals surface area contributed by atoms with Crippen molar-refractivity contribution >= 4 is 6.02 Å². The molecular weight excluding hydrogens is 456 g/mol. The molecule has 3 heterocycles. The summed E-state index contributed by atoms with van der Waals surface area (Å²) in [6.45, 7) is 0.738. The average molecular weight is 473 g/mol. The van der Waals surface area contributed by atoms with Crippen LogP contribution < -0.4 is 5.73 Å². The Labute approximate surface area is 182 Å². The third-order valence-corrected chi connectivity index (χ3v) is 5.14. The van der Waals surface area contributed by atoms with Gasteiger partial charge in [-0.05, 0) is 31.2 Å². The Bertz CT molecular complexity index is 1190. The zero-order chi connectivity index (χ0) is 24.0. The number of aliphatic imine (C=N–C) groups is 1. The number of alkyl halides is 5. The second kappa shape index (κ2) is 8.12. The van der Waals surface area contributed by atoms with E-state index in [4.69, 9.17) is 10.3 Å². The second-order valence-electron chi connectivity index (χ2n) is 7.66. The second-order valence-corrected chi connectivity index (χ2v) is 7.66. The lowest BCUT2D eigenvalue weighted by molar-refractivity contribution is -0.208. The molecule has 0 amide bonds. The SMILES string of the molecule is C[C@@]1(c2cc(-c3cc(-c4ccn(CC(F)F)n4)no3)ccc2F)C[C@@H](C(F)(F)F)OC(N)=N1. The zero-order valence-electron chi connectivity index (χ0n) is 17.0. The third-order valence-electron chi connectivity index (χ3n) is 5.14. The van der Waals surface area contributed by atoms with Crippen LogP contribution in [0.2, 0.25) is 0 Å². The van der Waals surface area contributed by atoms with Crippen molar-refractivity contribution in [3.05, 3.63) is 47.9 Å². The summed E-state index contributed by atoms with van der Waals surface area (Å²) >= 11 is 0. The number of amidine groups is 1. The lowest BCUT2D eigenvalue weighted by atomic mass is 9.84. The summed E-state index contributed by atoms with van der Waals surface area (Å²) in [6, 6.07) is 5.95. The lowest BCUT2D eigenvalue weighted by Crippen LogP contribution is -2.46. The van der Waals surface area contributed by atoms with E-state index in [1.54, 1.807) is 0 Å². The molecular formula is C20H17F6N5O2. The first-order chi connectivity index (χ1) is 15.4. The van der Waals surface area contributed by atoms with Gasteiger partial charge in [-0.15, -0.1) is 0 Å². The Balaban J connectivity index is 1.66. The predicted molar refractivity (Wildman–Crippen MR) is 104 cm³/mol. The number of rotatable bonds is 5. The summed E-state index contributed by atoms with van der Waals surface area (Å²) in [5.41, 5.74) is 4.48. The Morgan fingerprint density at radius 3 is 2.67 bits per heavy atom. The van der Waals surface area contributed by atoms with Crippen LogP contribution in [0, 0.1) is 5.82 Å². The molecule has 0 saturated carbocycles. The molecule has 0 aliphatic carbocycles. The largest absolute Gasteiger partial charge is 0.452 e. The van der Waals surface area contributed by atoms with E-state index in [9.17, 15) is 26.3 Å². The quantitative estimate of drug-likeness (QED) is 0.552. The molecule has 1 aliphatic rings. The van der Waals surface area contributed by atoms with Gasteiger partial charge in [-0.25, -0.2) is 18.2 Å². The first-order valence-corrected chi connectivity index (χ1v) is 9.62. The molecule has 2 aromatic heterocycles. The number of aromatic nitrogens is 3. The molecule has 2 N–H and O–H groups in total. The zero-order valence-corrected chi connectivity index (χ0v) is 17.0. The first kappa shape index (κ1) is 22.7. The standard InChI is InChI=1S/C20H17F6N5O2/c1-19(8-16(20(24,25)26)32-18(27)28-19)11-6-10(2-3-12(11)21)15-7-14(30-33-15)13-4-5-31(29-13)9-17(22)23/h2-7,16-17H,8-9H2,1H3,(H2,27,28)/t16-,19-/m0/s1. The van der Waals surface area contributed by atoms with Crippen LogP contribution in [0.15, 0.2) is 46.0 Å². The number of nitrogens with two attached hydrogens (primary N) is 1. The van der Waals surface area contributed by atoms with Crippen LogP contribution in [-0.4, -0.2) is 39.7 Å². The van der Waals surface area contributed by atoms with Crippen molar-refractivity contribution in [1.29, 1.82) is 0 Å². The highest BCUT2D eigenvalue weighted by Gasteiger charge is 2.50. The van der Waals surface area contributed by atoms with Gasteiger partial charge in [0, 0.05) is 29.8 Å². The smallest absolute Gasteiger partial charge is 0.425 e. The molecule has 33 heavy (non-hydrogen) atoms. The highest BCUT2D eigenvalue weighted by Crippen LogP contribution is 2.42. The molecule has 4 rings (SSSR count). The minimum Gasteiger partial charge on any atom is -0.452 e. The molecule has 2 atom stereocenters. The van der Waals surface area contributed by atoms with Gasteiger partial charge < -0.3 is 15.0 Å². The Hall–Kier alpha value is -3.51. The number of benzene rings is 1. The molecule has 1 aromatic carbocycles. The van der Waals surface area contributed by atoms with Crippen molar-refractivity contribution in [2.45, 2.75) is 44.1 Å². The van der Waals surface area contributed by atoms with Crippen molar-refractivity contribution < 1.29 is 35.6 Å². The highest BCUT2D eigenvalue weighted by atomic mass is 19.4. The normalized spacial score (nSPS) is 21.2. The summed E-state index contributed by atoms with van der Waals surface area (Å²) in [6.07, 6.45) is -8.87. The van der Waals surface area contributed by atoms with E-state index >= 15 is 0 Å². The molecule has 13 heteroatoms. The highest BCUT2D eigenvalue weighted by molar-refractivity contribution is 5.73. The Morgan fingerprint density at radius 2 is 1.97 bits per heavy atom. The molecule has 0 radical (unpaired) electrons. The summed E-state index contributed by atoms with van der Waals surface area (Å²) in [4.78, 5) is 3.93. The molecule has 176 valence electrons. The van der Waals surface area contributed by atoms with Crippen LogP contribution >= 0.6 is 0 Å². The molecule has 0 saturated heterocycles. The van der Waals surface area contributed by atoms with Crippen molar-refractivity contribution in [2.75, 3.05) is 0 Å². The fraction of sp³-hybridized carbons (Fsp3) is 0.350. The monoisotopic (exact) mass is 473 g/mol. The van der Waals surface area contributed by atoms with Gasteiger partial charge in [-0.3, -0.25) is 4.68 Å². The van der Waals surface area contributed by atoms with Gasteiger partial charge in [-0.2, -0.15) is 18.3 Å². The number of halogens is 6.